The highest BCUT2D eigenvalue weighted by molar-refractivity contribution is 8.01. The zero-order chi connectivity index (χ0) is 15.8. The molecule has 1 aromatic heterocycles. The molecule has 0 saturated carbocycles. The van der Waals surface area contributed by atoms with Crippen LogP contribution in [0.5, 0.6) is 0 Å². The molecule has 0 unspecified atom stereocenters. The first kappa shape index (κ1) is 15.4. The molecule has 0 aliphatic carbocycles. The molecule has 4 rings (SSSR count). The molecule has 4 nitrogen and oxygen atoms in total. The number of nitrogens with zero attached hydrogens (tertiary/aromatic N) is 1. The van der Waals surface area contributed by atoms with Gasteiger partial charge in [-0.2, -0.15) is 0 Å². The lowest BCUT2D eigenvalue weighted by molar-refractivity contribution is 0.0931. The van der Waals surface area contributed by atoms with Crippen LogP contribution < -0.4 is 10.6 Å². The first-order chi connectivity index (χ1) is 11.2. The third kappa shape index (κ3) is 3.40. The van der Waals surface area contributed by atoms with Crippen molar-refractivity contribution < 1.29 is 4.79 Å². The number of fused-ring (bicyclic) bond motifs is 2. The number of nitrogens with one attached hydrogen (secondary N) is 2. The molecule has 3 atom stereocenters. The summed E-state index contributed by atoms with van der Waals surface area (Å²) in [6.07, 6.45) is 5.23. The molecule has 2 aliphatic rings. The smallest absolute Gasteiger partial charge is 0.251 e. The van der Waals surface area contributed by atoms with Gasteiger partial charge in [0.2, 0.25) is 0 Å². The van der Waals surface area contributed by atoms with Crippen molar-refractivity contribution in [2.45, 2.75) is 46.5 Å². The predicted molar refractivity (Wildman–Crippen MR) is 93.5 cm³/mol. The molecule has 0 spiro atoms. The van der Waals surface area contributed by atoms with Crippen molar-refractivity contribution in [3.63, 3.8) is 0 Å². The summed E-state index contributed by atoms with van der Waals surface area (Å²) in [5.41, 5.74) is 0.708. The van der Waals surface area contributed by atoms with Crippen LogP contribution in [-0.4, -0.2) is 29.0 Å². The van der Waals surface area contributed by atoms with Crippen LogP contribution in [0.3, 0.4) is 0 Å². The zero-order valence-electron chi connectivity index (χ0n) is 12.3. The number of aromatic nitrogens is 1. The Labute approximate surface area is 148 Å². The second-order valence-corrected chi connectivity index (χ2v) is 8.91. The SMILES string of the molecule is O=C(N[C@@H]1C[C@H]2CC[C@@H]1N2)c1ccc(Sc2cnc(Cl)s2)cc1. The first-order valence-electron chi connectivity index (χ1n) is 7.63. The van der Waals surface area contributed by atoms with Crippen LogP contribution in [0.2, 0.25) is 4.47 Å². The minimum atomic E-state index is 0.0155. The molecule has 23 heavy (non-hydrogen) atoms. The maximum atomic E-state index is 12.4. The van der Waals surface area contributed by atoms with Gasteiger partial charge in [0.05, 0.1) is 10.4 Å². The molecule has 1 amide bonds. The first-order valence-corrected chi connectivity index (χ1v) is 9.64. The van der Waals surface area contributed by atoms with Gasteiger partial charge in [0, 0.05) is 28.6 Å². The molecule has 1 aromatic carbocycles. The largest absolute Gasteiger partial charge is 0.348 e. The number of hydrogen-bond donors (Lipinski definition) is 2. The molecule has 3 heterocycles. The molecule has 2 fully saturated rings. The van der Waals surface area contributed by atoms with E-state index in [1.165, 1.54) is 24.2 Å². The summed E-state index contributed by atoms with van der Waals surface area (Å²) in [6.45, 7) is 0. The third-order valence-corrected chi connectivity index (χ3v) is 6.63. The topological polar surface area (TPSA) is 54.0 Å². The second-order valence-electron chi connectivity index (χ2n) is 5.92. The van der Waals surface area contributed by atoms with Gasteiger partial charge in [-0.3, -0.25) is 4.79 Å². The Bertz CT molecular complexity index is 718. The Morgan fingerprint density at radius 1 is 1.35 bits per heavy atom. The lowest BCUT2D eigenvalue weighted by Crippen LogP contribution is -2.42. The summed E-state index contributed by atoms with van der Waals surface area (Å²) in [6, 6.07) is 9.00. The van der Waals surface area contributed by atoms with Gasteiger partial charge in [0.25, 0.3) is 5.91 Å². The summed E-state index contributed by atoms with van der Waals surface area (Å²) >= 11 is 8.89. The van der Waals surface area contributed by atoms with E-state index in [1.807, 2.05) is 24.3 Å². The van der Waals surface area contributed by atoms with Gasteiger partial charge in [-0.1, -0.05) is 34.7 Å². The Kier molecular flexibility index (Phi) is 4.32. The fraction of sp³-hybridized carbons (Fsp3) is 0.375. The summed E-state index contributed by atoms with van der Waals surface area (Å²) in [4.78, 5) is 17.5. The highest BCUT2D eigenvalue weighted by atomic mass is 35.5. The molecule has 120 valence electrons. The van der Waals surface area contributed by atoms with E-state index < -0.39 is 0 Å². The Balaban J connectivity index is 1.38. The maximum absolute atomic E-state index is 12.4. The van der Waals surface area contributed by atoms with E-state index in [4.69, 9.17) is 11.6 Å². The molecule has 2 bridgehead atoms. The summed E-state index contributed by atoms with van der Waals surface area (Å²) < 4.78 is 1.59. The van der Waals surface area contributed by atoms with Gasteiger partial charge in [-0.15, -0.1) is 0 Å². The van der Waals surface area contributed by atoms with Crippen molar-refractivity contribution in [1.29, 1.82) is 0 Å². The van der Waals surface area contributed by atoms with Gasteiger partial charge in [0.15, 0.2) is 4.47 Å². The molecule has 0 radical (unpaired) electrons. The number of benzene rings is 1. The zero-order valence-corrected chi connectivity index (χ0v) is 14.7. The van der Waals surface area contributed by atoms with Crippen LogP contribution in [-0.2, 0) is 0 Å². The van der Waals surface area contributed by atoms with E-state index in [0.29, 0.717) is 22.1 Å². The van der Waals surface area contributed by atoms with Crippen LogP contribution in [0.25, 0.3) is 0 Å². The lowest BCUT2D eigenvalue weighted by Gasteiger charge is -2.21. The highest BCUT2D eigenvalue weighted by Crippen LogP contribution is 2.34. The summed E-state index contributed by atoms with van der Waals surface area (Å²) in [5, 5.41) is 6.70. The third-order valence-electron chi connectivity index (χ3n) is 4.41. The quantitative estimate of drug-likeness (QED) is 0.869. The Morgan fingerprint density at radius 3 is 2.78 bits per heavy atom. The number of thiazole rings is 1. The van der Waals surface area contributed by atoms with Crippen molar-refractivity contribution in [1.82, 2.24) is 15.6 Å². The molecule has 2 aliphatic heterocycles. The standard InChI is InChI=1S/C16H16ClN3OS2/c17-16-18-8-14(23-16)22-11-4-1-9(2-5-11)15(21)20-13-7-10-3-6-12(13)19-10/h1-2,4-5,8,10,12-13,19H,3,6-7H2,(H,20,21)/t10-,12+,13-/m1/s1. The minimum absolute atomic E-state index is 0.0155. The number of carbonyl (C=O) groups excluding carboxylic acids is 1. The van der Waals surface area contributed by atoms with Gasteiger partial charge in [0.1, 0.15) is 0 Å². The van der Waals surface area contributed by atoms with Gasteiger partial charge < -0.3 is 10.6 Å². The second kappa shape index (κ2) is 6.43. The summed E-state index contributed by atoms with van der Waals surface area (Å²) in [7, 11) is 0. The van der Waals surface area contributed by atoms with E-state index in [9.17, 15) is 4.79 Å². The van der Waals surface area contributed by atoms with Gasteiger partial charge in [-0.05, 0) is 43.5 Å². The fourth-order valence-corrected chi connectivity index (χ4v) is 5.43. The fourth-order valence-electron chi connectivity index (χ4n) is 3.31. The average molecular weight is 366 g/mol. The number of hydrogen-bond acceptors (Lipinski definition) is 5. The molecular weight excluding hydrogens is 350 g/mol. The molecule has 2 saturated heterocycles. The minimum Gasteiger partial charge on any atom is -0.348 e. The van der Waals surface area contributed by atoms with Crippen molar-refractivity contribution in [3.05, 3.63) is 40.5 Å². The number of carbonyl (C=O) groups is 1. The molecular formula is C16H16ClN3OS2. The Hall–Kier alpha value is -1.08. The highest BCUT2D eigenvalue weighted by Gasteiger charge is 2.39. The van der Waals surface area contributed by atoms with E-state index in [0.717, 1.165) is 15.5 Å². The summed E-state index contributed by atoms with van der Waals surface area (Å²) in [5.74, 6) is 0.0155. The van der Waals surface area contributed by atoms with Crippen LogP contribution in [0.4, 0.5) is 0 Å². The normalized spacial score (nSPS) is 25.7. The monoisotopic (exact) mass is 365 g/mol. The van der Waals surface area contributed by atoms with E-state index in [1.54, 1.807) is 18.0 Å². The van der Waals surface area contributed by atoms with Crippen molar-refractivity contribution >= 4 is 40.6 Å². The lowest BCUT2D eigenvalue weighted by atomic mass is 9.95. The molecule has 7 heteroatoms. The maximum Gasteiger partial charge on any atom is 0.251 e. The van der Waals surface area contributed by atoms with E-state index in [2.05, 4.69) is 15.6 Å². The predicted octanol–water partition coefficient (Wildman–Crippen LogP) is 3.57. The van der Waals surface area contributed by atoms with Crippen LogP contribution in [0, 0.1) is 0 Å². The van der Waals surface area contributed by atoms with Gasteiger partial charge in [-0.25, -0.2) is 4.98 Å². The molecule has 2 aromatic rings. The number of rotatable bonds is 4. The van der Waals surface area contributed by atoms with Crippen LogP contribution >= 0.6 is 34.7 Å². The van der Waals surface area contributed by atoms with Gasteiger partial charge >= 0.3 is 0 Å². The number of amides is 1. The van der Waals surface area contributed by atoms with Crippen molar-refractivity contribution in [2.75, 3.05) is 0 Å². The van der Waals surface area contributed by atoms with Crippen LogP contribution in [0.15, 0.2) is 39.6 Å². The van der Waals surface area contributed by atoms with E-state index >= 15 is 0 Å². The average Bonchev–Trinajstić information content (AvgIpc) is 3.25. The van der Waals surface area contributed by atoms with E-state index in [-0.39, 0.29) is 11.9 Å². The van der Waals surface area contributed by atoms with Crippen molar-refractivity contribution in [3.8, 4) is 0 Å². The molecule has 2 N–H and O–H groups in total. The van der Waals surface area contributed by atoms with Crippen molar-refractivity contribution in [2.24, 2.45) is 0 Å². The number of halogens is 1. The Morgan fingerprint density at radius 2 is 2.17 bits per heavy atom. The van der Waals surface area contributed by atoms with Crippen LogP contribution in [0.1, 0.15) is 29.6 Å².